The monoisotopic (exact) mass is 295 g/mol. The highest BCUT2D eigenvalue weighted by Gasteiger charge is 2.06. The van der Waals surface area contributed by atoms with Crippen LogP contribution in [0.4, 0.5) is 5.69 Å². The van der Waals surface area contributed by atoms with E-state index in [2.05, 4.69) is 30.9 Å². The lowest BCUT2D eigenvalue weighted by molar-refractivity contribution is 0.609. The molecule has 0 saturated heterocycles. The van der Waals surface area contributed by atoms with Crippen molar-refractivity contribution in [2.24, 2.45) is 0 Å². The van der Waals surface area contributed by atoms with Crippen LogP contribution < -0.4 is 4.90 Å². The minimum Gasteiger partial charge on any atom is -0.372 e. The topological polar surface area (TPSA) is 3.24 Å². The molecule has 1 nitrogen and oxygen atoms in total. The van der Waals surface area contributed by atoms with Crippen molar-refractivity contribution in [1.29, 1.82) is 0 Å². The highest BCUT2D eigenvalue weighted by atomic mass is 35.5. The van der Waals surface area contributed by atoms with Gasteiger partial charge in [-0.1, -0.05) is 64.0 Å². The number of hydrogen-bond acceptors (Lipinski definition) is 1. The van der Waals surface area contributed by atoms with Crippen LogP contribution in [0.3, 0.4) is 0 Å². The molecule has 1 rings (SSSR count). The Balaban J connectivity index is 2.47. The van der Waals surface area contributed by atoms with Gasteiger partial charge < -0.3 is 4.90 Å². The second-order valence-corrected chi connectivity index (χ2v) is 6.02. The number of halogens is 1. The smallest absolute Gasteiger partial charge is 0.0407 e. The van der Waals surface area contributed by atoms with E-state index in [4.69, 9.17) is 11.6 Å². The fourth-order valence-electron chi connectivity index (χ4n) is 2.48. The second kappa shape index (κ2) is 11.0. The van der Waals surface area contributed by atoms with E-state index in [1.165, 1.54) is 70.1 Å². The van der Waals surface area contributed by atoms with Gasteiger partial charge in [0.25, 0.3) is 0 Å². The summed E-state index contributed by atoms with van der Waals surface area (Å²) in [5.74, 6) is 0. The Bertz CT molecular complexity index is 322. The summed E-state index contributed by atoms with van der Waals surface area (Å²) < 4.78 is 0. The van der Waals surface area contributed by atoms with Gasteiger partial charge in [-0.15, -0.1) is 0 Å². The molecule has 1 aromatic carbocycles. The quantitative estimate of drug-likeness (QED) is 0.433. The number of nitrogens with zero attached hydrogens (tertiary/aromatic N) is 1. The van der Waals surface area contributed by atoms with Gasteiger partial charge in [0.1, 0.15) is 0 Å². The van der Waals surface area contributed by atoms with E-state index in [-0.39, 0.29) is 0 Å². The fraction of sp³-hybridized carbons (Fsp3) is 0.667. The zero-order valence-electron chi connectivity index (χ0n) is 13.2. The molecule has 1 aromatic rings. The van der Waals surface area contributed by atoms with E-state index in [9.17, 15) is 0 Å². The van der Waals surface area contributed by atoms with E-state index in [1.54, 1.807) is 0 Å². The van der Waals surface area contributed by atoms with Crippen molar-refractivity contribution in [1.82, 2.24) is 0 Å². The number of benzene rings is 1. The third-order valence-electron chi connectivity index (χ3n) is 3.75. The van der Waals surface area contributed by atoms with Crippen LogP contribution in [0, 0.1) is 0 Å². The number of rotatable bonds is 11. The summed E-state index contributed by atoms with van der Waals surface area (Å²) >= 11 is 5.99. The summed E-state index contributed by atoms with van der Waals surface area (Å²) in [5, 5.41) is 0.825. The van der Waals surface area contributed by atoms with Crippen LogP contribution in [0.5, 0.6) is 0 Å². The van der Waals surface area contributed by atoms with E-state index in [1.807, 2.05) is 12.1 Å². The van der Waals surface area contributed by atoms with E-state index >= 15 is 0 Å². The molecule has 0 amide bonds. The molecule has 20 heavy (non-hydrogen) atoms. The molecule has 0 saturated carbocycles. The molecule has 114 valence electrons. The van der Waals surface area contributed by atoms with Crippen molar-refractivity contribution in [3.05, 3.63) is 29.3 Å². The predicted octanol–water partition coefficient (Wildman–Crippen LogP) is 6.31. The normalized spacial score (nSPS) is 10.8. The van der Waals surface area contributed by atoms with Gasteiger partial charge >= 0.3 is 0 Å². The maximum Gasteiger partial charge on any atom is 0.0407 e. The molecular weight excluding hydrogens is 266 g/mol. The lowest BCUT2D eigenvalue weighted by Gasteiger charge is -2.25. The molecule has 0 heterocycles. The molecule has 2 heteroatoms. The molecule has 0 unspecified atom stereocenters. The summed E-state index contributed by atoms with van der Waals surface area (Å²) in [6.45, 7) is 6.88. The zero-order valence-corrected chi connectivity index (χ0v) is 14.0. The third kappa shape index (κ3) is 7.19. The van der Waals surface area contributed by atoms with E-state index in [0.717, 1.165) is 5.02 Å². The van der Waals surface area contributed by atoms with Crippen molar-refractivity contribution in [2.45, 2.75) is 65.2 Å². The lowest BCUT2D eigenvalue weighted by Crippen LogP contribution is -2.25. The van der Waals surface area contributed by atoms with Gasteiger partial charge in [0.15, 0.2) is 0 Å². The first-order chi connectivity index (χ1) is 9.77. The van der Waals surface area contributed by atoms with Gasteiger partial charge in [-0.3, -0.25) is 0 Å². The second-order valence-electron chi connectivity index (χ2n) is 5.58. The van der Waals surface area contributed by atoms with Crippen molar-refractivity contribution >= 4 is 17.3 Å². The van der Waals surface area contributed by atoms with Crippen LogP contribution in [-0.2, 0) is 0 Å². The minimum atomic E-state index is 0.825. The molecule has 0 spiro atoms. The molecule has 0 aliphatic rings. The largest absolute Gasteiger partial charge is 0.372 e. The molecule has 0 fully saturated rings. The SMILES string of the molecule is CCCCCCN(CCCCCC)c1ccc(Cl)cc1. The van der Waals surface area contributed by atoms with Crippen molar-refractivity contribution in [3.8, 4) is 0 Å². The molecule has 0 aliphatic carbocycles. The standard InChI is InChI=1S/C18H30ClN/c1-3-5-7-9-15-20(16-10-8-6-4-2)18-13-11-17(19)12-14-18/h11-14H,3-10,15-16H2,1-2H3. The first-order valence-corrected chi connectivity index (χ1v) is 8.66. The Labute approximate surface area is 130 Å². The molecule has 0 aromatic heterocycles. The zero-order chi connectivity index (χ0) is 14.6. The summed E-state index contributed by atoms with van der Waals surface area (Å²) in [4.78, 5) is 2.53. The molecule has 0 atom stereocenters. The molecule has 0 N–H and O–H groups in total. The number of anilines is 1. The van der Waals surface area contributed by atoms with Crippen LogP contribution in [-0.4, -0.2) is 13.1 Å². The van der Waals surface area contributed by atoms with E-state index < -0.39 is 0 Å². The lowest BCUT2D eigenvalue weighted by atomic mass is 10.1. The molecule has 0 bridgehead atoms. The van der Waals surface area contributed by atoms with Crippen molar-refractivity contribution in [3.63, 3.8) is 0 Å². The minimum absolute atomic E-state index is 0.825. The van der Waals surface area contributed by atoms with Crippen LogP contribution in [0.15, 0.2) is 24.3 Å². The summed E-state index contributed by atoms with van der Waals surface area (Å²) in [6.07, 6.45) is 10.6. The van der Waals surface area contributed by atoms with Gasteiger partial charge in [0.05, 0.1) is 0 Å². The first-order valence-electron chi connectivity index (χ1n) is 8.28. The molecular formula is C18H30ClN. The van der Waals surface area contributed by atoms with Crippen LogP contribution in [0.25, 0.3) is 0 Å². The fourth-order valence-corrected chi connectivity index (χ4v) is 2.61. The maximum atomic E-state index is 5.99. The molecule has 0 radical (unpaired) electrons. The Morgan fingerprint density at radius 1 is 0.750 bits per heavy atom. The van der Waals surface area contributed by atoms with Gasteiger partial charge in [-0.25, -0.2) is 0 Å². The highest BCUT2D eigenvalue weighted by Crippen LogP contribution is 2.19. The van der Waals surface area contributed by atoms with Gasteiger partial charge in [-0.05, 0) is 37.1 Å². The van der Waals surface area contributed by atoms with Crippen LogP contribution in [0.2, 0.25) is 5.02 Å². The first kappa shape index (κ1) is 17.4. The van der Waals surface area contributed by atoms with Crippen molar-refractivity contribution in [2.75, 3.05) is 18.0 Å². The van der Waals surface area contributed by atoms with Crippen molar-refractivity contribution < 1.29 is 0 Å². The van der Waals surface area contributed by atoms with Crippen LogP contribution >= 0.6 is 11.6 Å². The average molecular weight is 296 g/mol. The molecule has 0 aliphatic heterocycles. The van der Waals surface area contributed by atoms with E-state index in [0.29, 0.717) is 0 Å². The summed E-state index contributed by atoms with van der Waals surface area (Å²) in [7, 11) is 0. The Morgan fingerprint density at radius 3 is 1.70 bits per heavy atom. The third-order valence-corrected chi connectivity index (χ3v) is 4.01. The Morgan fingerprint density at radius 2 is 1.25 bits per heavy atom. The Hall–Kier alpha value is -0.690. The maximum absolute atomic E-state index is 5.99. The number of unbranched alkanes of at least 4 members (excludes halogenated alkanes) is 6. The van der Waals surface area contributed by atoms with Gasteiger partial charge in [0.2, 0.25) is 0 Å². The summed E-state index contributed by atoms with van der Waals surface area (Å²) in [6, 6.07) is 8.31. The Kier molecular flexibility index (Phi) is 9.57. The highest BCUT2D eigenvalue weighted by molar-refractivity contribution is 6.30. The average Bonchev–Trinajstić information content (AvgIpc) is 2.47. The van der Waals surface area contributed by atoms with Crippen LogP contribution in [0.1, 0.15) is 65.2 Å². The number of hydrogen-bond donors (Lipinski definition) is 0. The van der Waals surface area contributed by atoms with Gasteiger partial charge in [-0.2, -0.15) is 0 Å². The van der Waals surface area contributed by atoms with Gasteiger partial charge in [0, 0.05) is 23.8 Å². The predicted molar refractivity (Wildman–Crippen MR) is 91.9 cm³/mol. The summed E-state index contributed by atoms with van der Waals surface area (Å²) in [5.41, 5.74) is 1.32.